The van der Waals surface area contributed by atoms with Crippen LogP contribution < -0.4 is 9.47 Å². The summed E-state index contributed by atoms with van der Waals surface area (Å²) in [6.07, 6.45) is 1.79. The Morgan fingerprint density at radius 2 is 1.94 bits per heavy atom. The molecule has 0 spiro atoms. The van der Waals surface area contributed by atoms with Crippen LogP contribution in [-0.2, 0) is 6.61 Å². The first-order valence-electron chi connectivity index (χ1n) is 9.49. The molecule has 0 aliphatic carbocycles. The Morgan fingerprint density at radius 3 is 2.62 bits per heavy atom. The average Bonchev–Trinajstić information content (AvgIpc) is 3.20. The summed E-state index contributed by atoms with van der Waals surface area (Å²) in [6.45, 7) is 0.269. The molecule has 0 aliphatic heterocycles. The van der Waals surface area contributed by atoms with Crippen molar-refractivity contribution in [2.24, 2.45) is 0 Å². The van der Waals surface area contributed by atoms with Crippen molar-refractivity contribution in [3.8, 4) is 17.6 Å². The summed E-state index contributed by atoms with van der Waals surface area (Å²) in [5.41, 5.74) is 3.58. The van der Waals surface area contributed by atoms with Crippen molar-refractivity contribution in [1.29, 1.82) is 5.26 Å². The Balaban J connectivity index is 1.60. The molecule has 3 aromatic carbocycles. The fraction of sp³-hybridized carbons (Fsp3) is 0.0833. The molecule has 1 heterocycles. The maximum atomic E-state index is 13.4. The lowest BCUT2D eigenvalue weighted by atomic mass is 10.1. The number of aromatic nitrogens is 2. The highest BCUT2D eigenvalue weighted by Crippen LogP contribution is 2.31. The van der Waals surface area contributed by atoms with Crippen LogP contribution in [0, 0.1) is 24.3 Å². The van der Waals surface area contributed by atoms with Gasteiger partial charge < -0.3 is 14.5 Å². The predicted octanol–water partition coefficient (Wildman–Crippen LogP) is 6.56. The molecule has 0 aliphatic rings. The summed E-state index contributed by atoms with van der Waals surface area (Å²) in [5, 5.41) is 9.73. The van der Waals surface area contributed by atoms with Gasteiger partial charge in [0, 0.05) is 6.07 Å². The van der Waals surface area contributed by atoms with Crippen LogP contribution in [-0.4, -0.2) is 17.1 Å². The van der Waals surface area contributed by atoms with Crippen LogP contribution in [0.1, 0.15) is 17.0 Å². The molecule has 0 saturated carbocycles. The zero-order chi connectivity index (χ0) is 22.7. The van der Waals surface area contributed by atoms with E-state index in [4.69, 9.17) is 9.47 Å². The third kappa shape index (κ3) is 5.05. The lowest BCUT2D eigenvalue weighted by molar-refractivity contribution is 0.301. The highest BCUT2D eigenvalue weighted by molar-refractivity contribution is 14.1. The van der Waals surface area contributed by atoms with Gasteiger partial charge in [0.1, 0.15) is 35.8 Å². The number of halogens is 3. The van der Waals surface area contributed by atoms with Crippen molar-refractivity contribution in [3.05, 3.63) is 84.5 Å². The molecule has 0 radical (unpaired) electrons. The molecule has 4 rings (SSSR count). The number of rotatable bonds is 6. The molecule has 32 heavy (non-hydrogen) atoms. The molecule has 0 amide bonds. The average molecular weight is 651 g/mol. The van der Waals surface area contributed by atoms with Gasteiger partial charge in [0.15, 0.2) is 0 Å². The molecule has 4 aromatic rings. The smallest absolute Gasteiger partial charge is 0.149 e. The molecule has 0 fully saturated rings. The maximum Gasteiger partial charge on any atom is 0.149 e. The van der Waals surface area contributed by atoms with Crippen LogP contribution in [0.4, 0.5) is 4.39 Å². The van der Waals surface area contributed by atoms with E-state index in [0.717, 1.165) is 35.1 Å². The summed E-state index contributed by atoms with van der Waals surface area (Å²) < 4.78 is 26.4. The number of methoxy groups -OCH3 is 1. The summed E-state index contributed by atoms with van der Waals surface area (Å²) in [7, 11) is 1.60. The SMILES string of the molecule is COc1ccc2nc(/C(C#N)=C\c3cc(I)c(OCc4cccc(F)c4)c(I)c3)[nH]c2c1. The van der Waals surface area contributed by atoms with E-state index in [2.05, 4.69) is 61.2 Å². The number of aromatic amines is 1. The second-order valence-electron chi connectivity index (χ2n) is 6.87. The standard InChI is InChI=1S/C24H16FI2N3O2/c1-31-18-5-6-21-22(11-18)30-24(29-21)16(12-28)7-15-9-19(26)23(20(27)10-15)32-13-14-3-2-4-17(25)8-14/h2-11H,13H2,1H3,(H,29,30)/b16-7-. The summed E-state index contributed by atoms with van der Waals surface area (Å²) >= 11 is 4.40. The Kier molecular flexibility index (Phi) is 6.95. The van der Waals surface area contributed by atoms with E-state index in [1.807, 2.05) is 36.4 Å². The van der Waals surface area contributed by atoms with E-state index in [0.29, 0.717) is 17.1 Å². The van der Waals surface area contributed by atoms with Gasteiger partial charge >= 0.3 is 0 Å². The van der Waals surface area contributed by atoms with Gasteiger partial charge in [0.2, 0.25) is 0 Å². The minimum atomic E-state index is -0.288. The number of imidazole rings is 1. The minimum absolute atomic E-state index is 0.269. The fourth-order valence-electron chi connectivity index (χ4n) is 3.15. The van der Waals surface area contributed by atoms with E-state index in [1.165, 1.54) is 12.1 Å². The molecule has 160 valence electrons. The highest BCUT2D eigenvalue weighted by atomic mass is 127. The summed E-state index contributed by atoms with van der Waals surface area (Å²) in [6, 6.07) is 18.0. The second kappa shape index (κ2) is 9.87. The Morgan fingerprint density at radius 1 is 1.16 bits per heavy atom. The Hall–Kier alpha value is -2.65. The zero-order valence-corrected chi connectivity index (χ0v) is 21.1. The van der Waals surface area contributed by atoms with Crippen LogP contribution >= 0.6 is 45.2 Å². The summed E-state index contributed by atoms with van der Waals surface area (Å²) in [5.74, 6) is 1.64. The van der Waals surface area contributed by atoms with Crippen molar-refractivity contribution in [3.63, 3.8) is 0 Å². The first-order valence-corrected chi connectivity index (χ1v) is 11.6. The number of nitrogens with one attached hydrogen (secondary N) is 1. The van der Waals surface area contributed by atoms with Crippen molar-refractivity contribution in [2.75, 3.05) is 7.11 Å². The first-order chi connectivity index (χ1) is 15.5. The van der Waals surface area contributed by atoms with Crippen LogP contribution in [0.2, 0.25) is 0 Å². The van der Waals surface area contributed by atoms with E-state index >= 15 is 0 Å². The van der Waals surface area contributed by atoms with Crippen molar-refractivity contribution >= 4 is 67.9 Å². The van der Waals surface area contributed by atoms with E-state index < -0.39 is 0 Å². The van der Waals surface area contributed by atoms with Crippen LogP contribution in [0.3, 0.4) is 0 Å². The molecule has 0 saturated heterocycles. The third-order valence-corrected chi connectivity index (χ3v) is 6.27. The number of nitriles is 1. The molecule has 0 atom stereocenters. The van der Waals surface area contributed by atoms with E-state index in [9.17, 15) is 9.65 Å². The number of hydrogen-bond acceptors (Lipinski definition) is 4. The number of H-pyrrole nitrogens is 1. The lowest BCUT2D eigenvalue weighted by Crippen LogP contribution is -2.00. The van der Waals surface area contributed by atoms with Gasteiger partial charge in [-0.2, -0.15) is 5.26 Å². The maximum absolute atomic E-state index is 13.4. The van der Waals surface area contributed by atoms with E-state index in [1.54, 1.807) is 19.3 Å². The summed E-state index contributed by atoms with van der Waals surface area (Å²) in [4.78, 5) is 7.71. The van der Waals surface area contributed by atoms with Crippen molar-refractivity contribution in [2.45, 2.75) is 6.61 Å². The molecular formula is C24H16FI2N3O2. The first kappa shape index (κ1) is 22.5. The number of benzene rings is 3. The molecular weight excluding hydrogens is 635 g/mol. The quantitative estimate of drug-likeness (QED) is 0.190. The van der Waals surface area contributed by atoms with Gasteiger partial charge in [-0.05, 0) is 98.8 Å². The largest absolute Gasteiger partial charge is 0.497 e. The van der Waals surface area contributed by atoms with Gasteiger partial charge in [0.05, 0.1) is 30.9 Å². The monoisotopic (exact) mass is 651 g/mol. The Bertz CT molecular complexity index is 1350. The van der Waals surface area contributed by atoms with E-state index in [-0.39, 0.29) is 12.4 Å². The predicted molar refractivity (Wildman–Crippen MR) is 139 cm³/mol. The Labute approximate surface area is 211 Å². The number of ether oxygens (including phenoxy) is 2. The van der Waals surface area contributed by atoms with Gasteiger partial charge in [-0.3, -0.25) is 0 Å². The van der Waals surface area contributed by atoms with Gasteiger partial charge in [0.25, 0.3) is 0 Å². The van der Waals surface area contributed by atoms with Gasteiger partial charge in [-0.25, -0.2) is 9.37 Å². The zero-order valence-electron chi connectivity index (χ0n) is 16.8. The number of nitrogens with zero attached hydrogens (tertiary/aromatic N) is 2. The van der Waals surface area contributed by atoms with Crippen LogP contribution in [0.15, 0.2) is 54.6 Å². The van der Waals surface area contributed by atoms with Gasteiger partial charge in [-0.1, -0.05) is 12.1 Å². The van der Waals surface area contributed by atoms with Gasteiger partial charge in [-0.15, -0.1) is 0 Å². The minimum Gasteiger partial charge on any atom is -0.497 e. The topological polar surface area (TPSA) is 70.9 Å². The third-order valence-electron chi connectivity index (χ3n) is 4.67. The van der Waals surface area contributed by atoms with Crippen molar-refractivity contribution < 1.29 is 13.9 Å². The molecule has 1 aromatic heterocycles. The van der Waals surface area contributed by atoms with Crippen LogP contribution in [0.25, 0.3) is 22.7 Å². The molecule has 8 heteroatoms. The fourth-order valence-corrected chi connectivity index (χ4v) is 5.27. The number of allylic oxidation sites excluding steroid dienone is 1. The number of hydrogen-bond donors (Lipinski definition) is 1. The normalized spacial score (nSPS) is 11.4. The molecule has 0 unspecified atom stereocenters. The lowest BCUT2D eigenvalue weighted by Gasteiger charge is -2.12. The van der Waals surface area contributed by atoms with Crippen LogP contribution in [0.5, 0.6) is 11.5 Å². The molecule has 0 bridgehead atoms. The molecule has 1 N–H and O–H groups in total. The second-order valence-corrected chi connectivity index (χ2v) is 9.19. The highest BCUT2D eigenvalue weighted by Gasteiger charge is 2.12. The molecule has 5 nitrogen and oxygen atoms in total. The van der Waals surface area contributed by atoms with Crippen molar-refractivity contribution in [1.82, 2.24) is 9.97 Å². The number of fused-ring (bicyclic) bond motifs is 1.